The summed E-state index contributed by atoms with van der Waals surface area (Å²) in [4.78, 5) is 28.0. The van der Waals surface area contributed by atoms with Crippen LogP contribution in [0, 0.1) is 21.7 Å². The maximum Gasteiger partial charge on any atom is 0.294 e. The first-order valence-corrected chi connectivity index (χ1v) is 12.6. The zero-order chi connectivity index (χ0) is 29.2. The van der Waals surface area contributed by atoms with E-state index in [-0.39, 0.29) is 40.6 Å². The summed E-state index contributed by atoms with van der Waals surface area (Å²) in [5.74, 6) is -1.94. The highest BCUT2D eigenvalue weighted by Gasteiger charge is 2.27. The third-order valence-electron chi connectivity index (χ3n) is 6.85. The van der Waals surface area contributed by atoms with Gasteiger partial charge in [0.05, 0.1) is 29.0 Å². The maximum atomic E-state index is 14.0. The number of hydrogen-bond acceptors (Lipinski definition) is 11. The third kappa shape index (κ3) is 6.34. The van der Waals surface area contributed by atoms with E-state index in [0.717, 1.165) is 31.5 Å². The van der Waals surface area contributed by atoms with Crippen molar-refractivity contribution >= 4 is 34.6 Å². The van der Waals surface area contributed by atoms with Gasteiger partial charge in [0.25, 0.3) is 5.69 Å². The van der Waals surface area contributed by atoms with Crippen molar-refractivity contribution in [1.29, 1.82) is 0 Å². The average Bonchev–Trinajstić information content (AvgIpc) is 3.29. The molecule has 40 heavy (non-hydrogen) atoms. The van der Waals surface area contributed by atoms with E-state index in [0.29, 0.717) is 18.0 Å². The molecule has 3 N–H and O–H groups in total. The van der Waals surface area contributed by atoms with Crippen LogP contribution in [0.4, 0.5) is 43.4 Å². The third-order valence-corrected chi connectivity index (χ3v) is 6.85. The largest absolute Gasteiger partial charge is 0.494 e. The number of nitro groups is 1. The molecule has 0 radical (unpaired) electrons. The van der Waals surface area contributed by atoms with Crippen molar-refractivity contribution in [3.63, 3.8) is 0 Å². The van der Waals surface area contributed by atoms with Gasteiger partial charge >= 0.3 is 0 Å². The van der Waals surface area contributed by atoms with E-state index in [1.54, 1.807) is 6.07 Å². The Morgan fingerprint density at radius 1 is 1.18 bits per heavy atom. The number of aromatic nitrogens is 3. The van der Waals surface area contributed by atoms with Gasteiger partial charge in [-0.3, -0.25) is 10.1 Å². The number of halogens is 2. The number of ether oxygens (including phenoxy) is 1. The van der Waals surface area contributed by atoms with Gasteiger partial charge in [0.1, 0.15) is 17.8 Å². The fourth-order valence-corrected chi connectivity index (χ4v) is 4.71. The fourth-order valence-electron chi connectivity index (χ4n) is 4.71. The van der Waals surface area contributed by atoms with Crippen LogP contribution in [-0.2, 0) is 5.60 Å². The predicted octanol–water partition coefficient (Wildman–Crippen LogP) is 4.31. The zero-order valence-corrected chi connectivity index (χ0v) is 22.9. The standard InChI is InChI=1S/C26H32F2N8O4/c1-26(2,37)16-9-17(27)18(28)10-19(16)31-24-29-14-30-25(33-24)32-20-11-22(36(38)39)21(12-23(20)40-5)35(4)13-15-7-6-8-34(15)3/h9-12,14-15,37H,6-8,13H2,1-5H3,(H2,29,30,31,32,33)/t15-/m1/s1. The highest BCUT2D eigenvalue weighted by atomic mass is 19.2. The van der Waals surface area contributed by atoms with Gasteiger partial charge in [-0.25, -0.2) is 18.7 Å². The van der Waals surface area contributed by atoms with Crippen LogP contribution in [0.1, 0.15) is 32.3 Å². The van der Waals surface area contributed by atoms with E-state index in [1.807, 2.05) is 19.0 Å². The number of methoxy groups -OCH3 is 1. The van der Waals surface area contributed by atoms with E-state index in [9.17, 15) is 24.0 Å². The highest BCUT2D eigenvalue weighted by Crippen LogP contribution is 2.39. The van der Waals surface area contributed by atoms with Crippen LogP contribution in [0.2, 0.25) is 0 Å². The predicted molar refractivity (Wildman–Crippen MR) is 147 cm³/mol. The summed E-state index contributed by atoms with van der Waals surface area (Å²) in [5.41, 5.74) is -0.844. The van der Waals surface area contributed by atoms with Gasteiger partial charge in [-0.05, 0) is 46.3 Å². The molecule has 1 fully saturated rings. The van der Waals surface area contributed by atoms with Crippen LogP contribution in [-0.4, -0.2) is 70.2 Å². The Balaban J connectivity index is 1.62. The van der Waals surface area contributed by atoms with Crippen LogP contribution in [0.25, 0.3) is 0 Å². The zero-order valence-electron chi connectivity index (χ0n) is 22.9. The van der Waals surface area contributed by atoms with Crippen molar-refractivity contribution in [3.05, 3.63) is 57.9 Å². The monoisotopic (exact) mass is 558 g/mol. The van der Waals surface area contributed by atoms with Gasteiger partial charge < -0.3 is 30.3 Å². The summed E-state index contributed by atoms with van der Waals surface area (Å²) in [7, 11) is 5.30. The van der Waals surface area contributed by atoms with E-state index in [4.69, 9.17) is 4.74 Å². The molecule has 2 heterocycles. The molecule has 14 heteroatoms. The topological polar surface area (TPSA) is 142 Å². The smallest absolute Gasteiger partial charge is 0.294 e. The number of nitrogens with zero attached hydrogens (tertiary/aromatic N) is 6. The quantitative estimate of drug-likeness (QED) is 0.242. The molecule has 0 spiro atoms. The Morgan fingerprint density at radius 3 is 2.40 bits per heavy atom. The lowest BCUT2D eigenvalue weighted by Gasteiger charge is -2.27. The van der Waals surface area contributed by atoms with E-state index < -0.39 is 22.2 Å². The van der Waals surface area contributed by atoms with Crippen LogP contribution < -0.4 is 20.3 Å². The van der Waals surface area contributed by atoms with Gasteiger partial charge in [-0.1, -0.05) is 0 Å². The molecule has 0 unspecified atom stereocenters. The SMILES string of the molecule is COc1cc(N(C)C[C@H]2CCCN2C)c([N+](=O)[O-])cc1Nc1ncnc(Nc2cc(F)c(F)cc2C(C)(C)O)n1. The van der Waals surface area contributed by atoms with Gasteiger partial charge in [-0.2, -0.15) is 4.98 Å². The van der Waals surface area contributed by atoms with Gasteiger partial charge in [-0.15, -0.1) is 0 Å². The molecule has 1 atom stereocenters. The number of rotatable bonds is 10. The number of anilines is 5. The van der Waals surface area contributed by atoms with Crippen LogP contribution in [0.15, 0.2) is 30.6 Å². The van der Waals surface area contributed by atoms with Crippen molar-refractivity contribution in [1.82, 2.24) is 19.9 Å². The lowest BCUT2D eigenvalue weighted by atomic mass is 9.96. The molecule has 1 aliphatic rings. The van der Waals surface area contributed by atoms with E-state index in [2.05, 4.69) is 30.5 Å². The van der Waals surface area contributed by atoms with Crippen molar-refractivity contribution in [3.8, 4) is 5.75 Å². The van der Waals surface area contributed by atoms with Gasteiger partial charge in [0.15, 0.2) is 11.6 Å². The van der Waals surface area contributed by atoms with Crippen LogP contribution in [0.5, 0.6) is 5.75 Å². The molecule has 0 bridgehead atoms. The number of likely N-dealkylation sites (tertiary alicyclic amines) is 1. The number of benzene rings is 2. The molecule has 1 saturated heterocycles. The van der Waals surface area contributed by atoms with Gasteiger partial charge in [0, 0.05) is 43.4 Å². The number of likely N-dealkylation sites (N-methyl/N-ethyl adjacent to an activating group) is 2. The van der Waals surface area contributed by atoms with Gasteiger partial charge in [0.2, 0.25) is 11.9 Å². The molecule has 2 aromatic carbocycles. The Bertz CT molecular complexity index is 1400. The van der Waals surface area contributed by atoms with Crippen molar-refractivity contribution < 1.29 is 23.5 Å². The summed E-state index contributed by atoms with van der Waals surface area (Å²) >= 11 is 0. The molecular formula is C26H32F2N8O4. The summed E-state index contributed by atoms with van der Waals surface area (Å²) < 4.78 is 33.4. The van der Waals surface area contributed by atoms with Crippen molar-refractivity contribution in [2.75, 3.05) is 49.8 Å². The van der Waals surface area contributed by atoms with E-state index in [1.165, 1.54) is 33.4 Å². The molecule has 3 aromatic rings. The summed E-state index contributed by atoms with van der Waals surface area (Å²) in [5, 5.41) is 28.1. The Kier molecular flexibility index (Phi) is 8.30. The lowest BCUT2D eigenvalue weighted by Crippen LogP contribution is -2.36. The lowest BCUT2D eigenvalue weighted by molar-refractivity contribution is -0.384. The Morgan fingerprint density at radius 2 is 1.82 bits per heavy atom. The van der Waals surface area contributed by atoms with Crippen molar-refractivity contribution in [2.45, 2.75) is 38.3 Å². The average molecular weight is 559 g/mol. The number of nitrogens with one attached hydrogen (secondary N) is 2. The molecule has 4 rings (SSSR count). The second-order valence-electron chi connectivity index (χ2n) is 10.2. The minimum absolute atomic E-state index is 0.00572. The molecule has 1 aliphatic heterocycles. The number of nitro benzene ring substituents is 1. The molecular weight excluding hydrogens is 526 g/mol. The summed E-state index contributed by atoms with van der Waals surface area (Å²) in [6.07, 6.45) is 3.27. The van der Waals surface area contributed by atoms with E-state index >= 15 is 0 Å². The fraction of sp³-hybridized carbons (Fsp3) is 0.423. The highest BCUT2D eigenvalue weighted by molar-refractivity contribution is 5.77. The maximum absolute atomic E-state index is 14.0. The first-order valence-electron chi connectivity index (χ1n) is 12.6. The number of aliphatic hydroxyl groups is 1. The molecule has 1 aromatic heterocycles. The molecule has 0 amide bonds. The molecule has 214 valence electrons. The minimum Gasteiger partial charge on any atom is -0.494 e. The Labute approximate surface area is 230 Å². The Hall–Kier alpha value is -4.17. The normalized spacial score (nSPS) is 15.7. The summed E-state index contributed by atoms with van der Waals surface area (Å²) in [6, 6.07) is 5.01. The molecule has 0 saturated carbocycles. The molecule has 0 aliphatic carbocycles. The van der Waals surface area contributed by atoms with Crippen molar-refractivity contribution in [2.24, 2.45) is 0 Å². The summed E-state index contributed by atoms with van der Waals surface area (Å²) in [6.45, 7) is 4.46. The van der Waals surface area contributed by atoms with Crippen LogP contribution in [0.3, 0.4) is 0 Å². The first kappa shape index (κ1) is 28.8. The minimum atomic E-state index is -1.50. The first-order chi connectivity index (χ1) is 18.9. The molecule has 12 nitrogen and oxygen atoms in total. The second-order valence-corrected chi connectivity index (χ2v) is 10.2. The second kappa shape index (κ2) is 11.5. The number of hydrogen-bond donors (Lipinski definition) is 3. The van der Waals surface area contributed by atoms with Crippen LogP contribution >= 0.6 is 0 Å².